The van der Waals surface area contributed by atoms with Gasteiger partial charge in [-0.1, -0.05) is 0 Å². The number of ether oxygens (including phenoxy) is 1. The highest BCUT2D eigenvalue weighted by Crippen LogP contribution is 2.27. The van der Waals surface area contributed by atoms with Crippen molar-refractivity contribution in [3.8, 4) is 0 Å². The molecular formula is C19H24N6O3. The standard InChI is InChI=1S/C19H24N6O3/c1-13-14(2)21-12-24(18(13)27)11-16(26)25-5-3-4-15-10-20-19(22-17(15)25)23-6-8-28-9-7-23/h10,12H,3-9,11H2,1-2H3. The average Bonchev–Trinajstić information content (AvgIpc) is 2.74. The van der Waals surface area contributed by atoms with Gasteiger partial charge in [0, 0.05) is 42.7 Å². The van der Waals surface area contributed by atoms with Gasteiger partial charge in [-0.2, -0.15) is 4.98 Å². The van der Waals surface area contributed by atoms with Crippen molar-refractivity contribution in [3.63, 3.8) is 0 Å². The molecule has 2 aromatic heterocycles. The van der Waals surface area contributed by atoms with Gasteiger partial charge in [-0.05, 0) is 26.7 Å². The lowest BCUT2D eigenvalue weighted by molar-refractivity contribution is -0.119. The highest BCUT2D eigenvalue weighted by atomic mass is 16.5. The summed E-state index contributed by atoms with van der Waals surface area (Å²) in [5, 5.41) is 0. The third kappa shape index (κ3) is 3.49. The van der Waals surface area contributed by atoms with Crippen LogP contribution >= 0.6 is 0 Å². The van der Waals surface area contributed by atoms with Crippen LogP contribution in [0.3, 0.4) is 0 Å². The van der Waals surface area contributed by atoms with Crippen molar-refractivity contribution in [2.45, 2.75) is 33.2 Å². The highest BCUT2D eigenvalue weighted by Gasteiger charge is 2.26. The van der Waals surface area contributed by atoms with Gasteiger partial charge < -0.3 is 9.64 Å². The molecule has 4 heterocycles. The van der Waals surface area contributed by atoms with E-state index in [0.29, 0.717) is 42.8 Å². The molecule has 0 aromatic carbocycles. The van der Waals surface area contributed by atoms with E-state index in [2.05, 4.69) is 14.9 Å². The number of rotatable bonds is 3. The number of morpholine rings is 1. The summed E-state index contributed by atoms with van der Waals surface area (Å²) in [6.07, 6.45) is 4.94. The van der Waals surface area contributed by atoms with Gasteiger partial charge in [0.15, 0.2) is 0 Å². The van der Waals surface area contributed by atoms with Crippen LogP contribution in [0.25, 0.3) is 0 Å². The summed E-state index contributed by atoms with van der Waals surface area (Å²) in [5.41, 5.74) is 2.02. The number of hydrogen-bond donors (Lipinski definition) is 0. The molecule has 1 fully saturated rings. The minimum Gasteiger partial charge on any atom is -0.378 e. The first-order chi connectivity index (χ1) is 13.5. The minimum atomic E-state index is -0.185. The molecule has 0 N–H and O–H groups in total. The monoisotopic (exact) mass is 384 g/mol. The third-order valence-electron chi connectivity index (χ3n) is 5.33. The number of amides is 1. The SMILES string of the molecule is Cc1ncn(CC(=O)N2CCCc3cnc(N4CCOCC4)nc32)c(=O)c1C. The van der Waals surface area contributed by atoms with Crippen LogP contribution in [0.5, 0.6) is 0 Å². The van der Waals surface area contributed by atoms with Crippen molar-refractivity contribution in [3.05, 3.63) is 39.7 Å². The average molecular weight is 384 g/mol. The maximum absolute atomic E-state index is 13.0. The molecule has 0 aliphatic carbocycles. The lowest BCUT2D eigenvalue weighted by Crippen LogP contribution is -2.42. The van der Waals surface area contributed by atoms with Crippen LogP contribution in [0.15, 0.2) is 17.3 Å². The van der Waals surface area contributed by atoms with Gasteiger partial charge in [0.2, 0.25) is 11.9 Å². The number of carbonyl (C=O) groups excluding carboxylic acids is 1. The molecule has 1 saturated heterocycles. The fourth-order valence-corrected chi connectivity index (χ4v) is 3.51. The van der Waals surface area contributed by atoms with Gasteiger partial charge in [0.1, 0.15) is 12.4 Å². The molecule has 1 amide bonds. The second kappa shape index (κ2) is 7.67. The quantitative estimate of drug-likeness (QED) is 0.759. The first-order valence-electron chi connectivity index (χ1n) is 9.56. The molecule has 148 valence electrons. The zero-order valence-corrected chi connectivity index (χ0v) is 16.2. The van der Waals surface area contributed by atoms with Crippen LogP contribution in [0, 0.1) is 13.8 Å². The molecule has 9 heteroatoms. The molecule has 2 aliphatic heterocycles. The van der Waals surface area contributed by atoms with Crippen LogP contribution in [0.4, 0.5) is 11.8 Å². The van der Waals surface area contributed by atoms with E-state index in [0.717, 1.165) is 31.5 Å². The molecule has 0 spiro atoms. The Labute approximate surface area is 163 Å². The zero-order valence-electron chi connectivity index (χ0n) is 16.2. The van der Waals surface area contributed by atoms with Gasteiger partial charge in [0.25, 0.3) is 5.56 Å². The van der Waals surface area contributed by atoms with Crippen molar-refractivity contribution in [2.75, 3.05) is 42.6 Å². The second-order valence-electron chi connectivity index (χ2n) is 7.16. The number of aromatic nitrogens is 4. The van der Waals surface area contributed by atoms with Gasteiger partial charge in [0.05, 0.1) is 19.5 Å². The first-order valence-corrected chi connectivity index (χ1v) is 9.56. The molecule has 0 radical (unpaired) electrons. The van der Waals surface area contributed by atoms with E-state index in [1.54, 1.807) is 18.7 Å². The summed E-state index contributed by atoms with van der Waals surface area (Å²) < 4.78 is 6.75. The topological polar surface area (TPSA) is 93.5 Å². The van der Waals surface area contributed by atoms with Gasteiger partial charge in [-0.15, -0.1) is 0 Å². The van der Waals surface area contributed by atoms with Gasteiger partial charge in [-0.3, -0.25) is 19.1 Å². The Morgan fingerprint density at radius 3 is 2.75 bits per heavy atom. The summed E-state index contributed by atoms with van der Waals surface area (Å²) in [7, 11) is 0. The highest BCUT2D eigenvalue weighted by molar-refractivity contribution is 5.93. The van der Waals surface area contributed by atoms with Crippen LogP contribution in [0.2, 0.25) is 0 Å². The van der Waals surface area contributed by atoms with E-state index < -0.39 is 0 Å². The lowest BCUT2D eigenvalue weighted by atomic mass is 10.1. The van der Waals surface area contributed by atoms with Crippen LogP contribution in [0.1, 0.15) is 23.2 Å². The van der Waals surface area contributed by atoms with E-state index in [1.165, 1.54) is 10.9 Å². The molecule has 2 aromatic rings. The lowest BCUT2D eigenvalue weighted by Gasteiger charge is -2.31. The molecule has 9 nitrogen and oxygen atoms in total. The van der Waals surface area contributed by atoms with Crippen molar-refractivity contribution in [1.82, 2.24) is 19.5 Å². The van der Waals surface area contributed by atoms with E-state index in [9.17, 15) is 9.59 Å². The first kappa shape index (κ1) is 18.5. The van der Waals surface area contributed by atoms with E-state index in [-0.39, 0.29) is 18.0 Å². The molecule has 0 unspecified atom stereocenters. The summed E-state index contributed by atoms with van der Waals surface area (Å²) in [6, 6.07) is 0. The Morgan fingerprint density at radius 2 is 1.96 bits per heavy atom. The number of anilines is 2. The van der Waals surface area contributed by atoms with E-state index in [4.69, 9.17) is 9.72 Å². The molecule has 0 bridgehead atoms. The van der Waals surface area contributed by atoms with Gasteiger partial charge in [-0.25, -0.2) is 9.97 Å². The van der Waals surface area contributed by atoms with Gasteiger partial charge >= 0.3 is 0 Å². The number of aryl methyl sites for hydroxylation is 2. The minimum absolute atomic E-state index is 0.0523. The molecule has 0 saturated carbocycles. The predicted molar refractivity (Wildman–Crippen MR) is 104 cm³/mol. The van der Waals surface area contributed by atoms with Crippen molar-refractivity contribution in [2.24, 2.45) is 0 Å². The fraction of sp³-hybridized carbons (Fsp3) is 0.526. The van der Waals surface area contributed by atoms with Crippen LogP contribution in [-0.2, 0) is 22.5 Å². The maximum atomic E-state index is 13.0. The molecule has 0 atom stereocenters. The van der Waals surface area contributed by atoms with Crippen molar-refractivity contribution in [1.29, 1.82) is 0 Å². The zero-order chi connectivity index (χ0) is 19.7. The van der Waals surface area contributed by atoms with Crippen LogP contribution in [-0.4, -0.2) is 58.3 Å². The fourth-order valence-electron chi connectivity index (χ4n) is 3.51. The van der Waals surface area contributed by atoms with Crippen molar-refractivity contribution < 1.29 is 9.53 Å². The number of nitrogens with zero attached hydrogens (tertiary/aromatic N) is 6. The molecular weight excluding hydrogens is 360 g/mol. The summed E-state index contributed by atoms with van der Waals surface area (Å²) >= 11 is 0. The third-order valence-corrected chi connectivity index (χ3v) is 5.33. The molecule has 28 heavy (non-hydrogen) atoms. The van der Waals surface area contributed by atoms with Crippen molar-refractivity contribution >= 4 is 17.7 Å². The molecule has 4 rings (SSSR count). The number of carbonyl (C=O) groups is 1. The normalized spacial score (nSPS) is 16.8. The Morgan fingerprint density at radius 1 is 1.18 bits per heavy atom. The molecule has 2 aliphatic rings. The summed E-state index contributed by atoms with van der Waals surface area (Å²) in [5.74, 6) is 1.10. The predicted octanol–water partition coefficient (Wildman–Crippen LogP) is 0.466. The number of hydrogen-bond acceptors (Lipinski definition) is 7. The second-order valence-corrected chi connectivity index (χ2v) is 7.16. The Bertz CT molecular complexity index is 951. The van der Waals surface area contributed by atoms with Crippen LogP contribution < -0.4 is 15.4 Å². The maximum Gasteiger partial charge on any atom is 0.256 e. The summed E-state index contributed by atoms with van der Waals surface area (Å²) in [4.78, 5) is 42.6. The van der Waals surface area contributed by atoms with E-state index >= 15 is 0 Å². The Kier molecular flexibility index (Phi) is 5.08. The Hall–Kier alpha value is -2.81. The Balaban J connectivity index is 1.60. The van der Waals surface area contributed by atoms with E-state index in [1.807, 2.05) is 6.20 Å². The summed E-state index contributed by atoms with van der Waals surface area (Å²) in [6.45, 7) is 6.80. The smallest absolute Gasteiger partial charge is 0.256 e. The number of fused-ring (bicyclic) bond motifs is 1. The largest absolute Gasteiger partial charge is 0.378 e.